The molecule has 0 unspecified atom stereocenters. The van der Waals surface area contributed by atoms with E-state index in [9.17, 15) is 13.2 Å². The third kappa shape index (κ3) is 6.91. The zero-order chi connectivity index (χ0) is 11.2. The SMILES string of the molecule is C=C(CC)CN(CCO)CC(F)(F)F. The fraction of sp³-hybridized carbons (Fsp3) is 0.778. The molecule has 0 saturated carbocycles. The normalized spacial score (nSPS) is 12.1. The fourth-order valence-corrected chi connectivity index (χ4v) is 1.04. The molecule has 0 aliphatic rings. The lowest BCUT2D eigenvalue weighted by Gasteiger charge is -2.23. The highest BCUT2D eigenvalue weighted by Crippen LogP contribution is 2.17. The predicted octanol–water partition coefficient (Wildman–Crippen LogP) is 1.81. The van der Waals surface area contributed by atoms with E-state index in [0.717, 1.165) is 10.5 Å². The molecule has 0 atom stereocenters. The Bertz CT molecular complexity index is 179. The largest absolute Gasteiger partial charge is 0.401 e. The Morgan fingerprint density at radius 1 is 1.43 bits per heavy atom. The molecule has 0 fully saturated rings. The molecule has 0 aromatic carbocycles. The Kier molecular flexibility index (Phi) is 5.79. The number of halogens is 3. The fourth-order valence-electron chi connectivity index (χ4n) is 1.04. The van der Waals surface area contributed by atoms with Crippen LogP contribution in [-0.2, 0) is 0 Å². The lowest BCUT2D eigenvalue weighted by molar-refractivity contribution is -0.145. The quantitative estimate of drug-likeness (QED) is 0.677. The lowest BCUT2D eigenvalue weighted by Crippen LogP contribution is -2.37. The molecule has 84 valence electrons. The van der Waals surface area contributed by atoms with Crippen LogP contribution in [0.5, 0.6) is 0 Å². The van der Waals surface area contributed by atoms with Crippen molar-refractivity contribution in [2.45, 2.75) is 19.5 Å². The van der Waals surface area contributed by atoms with Crippen LogP contribution in [0.25, 0.3) is 0 Å². The Balaban J connectivity index is 4.08. The second-order valence-corrected chi connectivity index (χ2v) is 3.15. The molecule has 5 heteroatoms. The van der Waals surface area contributed by atoms with Gasteiger partial charge in [-0.05, 0) is 6.42 Å². The van der Waals surface area contributed by atoms with Gasteiger partial charge in [0.15, 0.2) is 0 Å². The van der Waals surface area contributed by atoms with E-state index in [4.69, 9.17) is 5.11 Å². The maximum Gasteiger partial charge on any atom is 0.401 e. The summed E-state index contributed by atoms with van der Waals surface area (Å²) in [6.45, 7) is 4.43. The van der Waals surface area contributed by atoms with Crippen molar-refractivity contribution in [3.05, 3.63) is 12.2 Å². The molecule has 0 rings (SSSR count). The number of nitrogens with zero attached hydrogens (tertiary/aromatic N) is 1. The Morgan fingerprint density at radius 3 is 2.36 bits per heavy atom. The van der Waals surface area contributed by atoms with E-state index in [1.165, 1.54) is 0 Å². The summed E-state index contributed by atoms with van der Waals surface area (Å²) < 4.78 is 36.1. The predicted molar refractivity (Wildman–Crippen MR) is 49.0 cm³/mol. The summed E-state index contributed by atoms with van der Waals surface area (Å²) in [6, 6.07) is 0. The molecule has 0 aromatic heterocycles. The van der Waals surface area contributed by atoms with Gasteiger partial charge in [-0.15, -0.1) is 0 Å². The van der Waals surface area contributed by atoms with Crippen molar-refractivity contribution in [1.29, 1.82) is 0 Å². The van der Waals surface area contributed by atoms with Crippen molar-refractivity contribution >= 4 is 0 Å². The van der Waals surface area contributed by atoms with Crippen LogP contribution in [0.15, 0.2) is 12.2 Å². The molecule has 0 heterocycles. The molecule has 0 radical (unpaired) electrons. The molecule has 0 amide bonds. The maximum atomic E-state index is 12.0. The number of aliphatic hydroxyl groups is 1. The summed E-state index contributed by atoms with van der Waals surface area (Å²) in [6.07, 6.45) is -3.57. The van der Waals surface area contributed by atoms with E-state index in [1.807, 2.05) is 6.92 Å². The topological polar surface area (TPSA) is 23.5 Å². The molecule has 14 heavy (non-hydrogen) atoms. The molecule has 0 aromatic rings. The third-order valence-corrected chi connectivity index (χ3v) is 1.77. The van der Waals surface area contributed by atoms with Crippen LogP contribution in [-0.4, -0.2) is 42.4 Å². The molecule has 0 aliphatic heterocycles. The Labute approximate surface area is 82.0 Å². The minimum Gasteiger partial charge on any atom is -0.395 e. The van der Waals surface area contributed by atoms with Gasteiger partial charge in [0.1, 0.15) is 0 Å². The highest BCUT2D eigenvalue weighted by molar-refractivity contribution is 4.96. The second-order valence-electron chi connectivity index (χ2n) is 3.15. The van der Waals surface area contributed by atoms with Crippen LogP contribution in [0.4, 0.5) is 13.2 Å². The van der Waals surface area contributed by atoms with Crippen LogP contribution >= 0.6 is 0 Å². The third-order valence-electron chi connectivity index (χ3n) is 1.77. The summed E-state index contributed by atoms with van der Waals surface area (Å²) >= 11 is 0. The van der Waals surface area contributed by atoms with Crippen LogP contribution in [0, 0.1) is 0 Å². The first kappa shape index (κ1) is 13.4. The monoisotopic (exact) mass is 211 g/mol. The van der Waals surface area contributed by atoms with Crippen LogP contribution in [0.2, 0.25) is 0 Å². The highest BCUT2D eigenvalue weighted by Gasteiger charge is 2.30. The summed E-state index contributed by atoms with van der Waals surface area (Å²) in [5.41, 5.74) is 0.739. The Morgan fingerprint density at radius 2 is 2.00 bits per heavy atom. The summed E-state index contributed by atoms with van der Waals surface area (Å²) in [5.74, 6) is 0. The van der Waals surface area contributed by atoms with Crippen LogP contribution in [0.1, 0.15) is 13.3 Å². The van der Waals surface area contributed by atoms with Gasteiger partial charge in [-0.3, -0.25) is 4.90 Å². The van der Waals surface area contributed by atoms with Gasteiger partial charge in [-0.25, -0.2) is 0 Å². The van der Waals surface area contributed by atoms with Crippen molar-refractivity contribution in [3.8, 4) is 0 Å². The van der Waals surface area contributed by atoms with Crippen molar-refractivity contribution < 1.29 is 18.3 Å². The zero-order valence-electron chi connectivity index (χ0n) is 8.27. The minimum atomic E-state index is -4.22. The molecule has 0 spiro atoms. The maximum absolute atomic E-state index is 12.0. The van der Waals surface area contributed by atoms with E-state index in [0.29, 0.717) is 6.42 Å². The van der Waals surface area contributed by atoms with Crippen LogP contribution in [0.3, 0.4) is 0 Å². The number of hydrogen-bond donors (Lipinski definition) is 1. The lowest BCUT2D eigenvalue weighted by atomic mass is 10.2. The van der Waals surface area contributed by atoms with E-state index in [2.05, 4.69) is 6.58 Å². The molecule has 0 saturated heterocycles. The van der Waals surface area contributed by atoms with Crippen molar-refractivity contribution in [2.24, 2.45) is 0 Å². The van der Waals surface area contributed by atoms with E-state index >= 15 is 0 Å². The van der Waals surface area contributed by atoms with Gasteiger partial charge < -0.3 is 5.11 Å². The van der Waals surface area contributed by atoms with Gasteiger partial charge >= 0.3 is 6.18 Å². The number of rotatable bonds is 6. The average molecular weight is 211 g/mol. The van der Waals surface area contributed by atoms with Gasteiger partial charge in [0.25, 0.3) is 0 Å². The molecule has 2 nitrogen and oxygen atoms in total. The molecule has 0 aliphatic carbocycles. The van der Waals surface area contributed by atoms with Crippen molar-refractivity contribution in [2.75, 3.05) is 26.2 Å². The van der Waals surface area contributed by atoms with Gasteiger partial charge in [0, 0.05) is 13.1 Å². The van der Waals surface area contributed by atoms with Crippen LogP contribution < -0.4 is 0 Å². The molecular formula is C9H16F3NO. The van der Waals surface area contributed by atoms with Crippen molar-refractivity contribution in [1.82, 2.24) is 4.90 Å². The van der Waals surface area contributed by atoms with Crippen molar-refractivity contribution in [3.63, 3.8) is 0 Å². The standard InChI is InChI=1S/C9H16F3NO/c1-3-8(2)6-13(4-5-14)7-9(10,11)12/h14H,2-7H2,1H3. The van der Waals surface area contributed by atoms with E-state index < -0.39 is 12.7 Å². The molecule has 0 bridgehead atoms. The van der Waals surface area contributed by atoms with Gasteiger partial charge in [-0.1, -0.05) is 19.1 Å². The average Bonchev–Trinajstić information content (AvgIpc) is 2.01. The summed E-state index contributed by atoms with van der Waals surface area (Å²) in [7, 11) is 0. The first-order chi connectivity index (χ1) is 6.39. The summed E-state index contributed by atoms with van der Waals surface area (Å²) in [5, 5.41) is 8.58. The summed E-state index contributed by atoms with van der Waals surface area (Å²) in [4.78, 5) is 1.14. The van der Waals surface area contributed by atoms with Gasteiger partial charge in [0.2, 0.25) is 0 Å². The highest BCUT2D eigenvalue weighted by atomic mass is 19.4. The van der Waals surface area contributed by atoms with E-state index in [1.54, 1.807) is 0 Å². The number of aliphatic hydroxyl groups excluding tert-OH is 1. The smallest absolute Gasteiger partial charge is 0.395 e. The Hall–Kier alpha value is -0.550. The number of alkyl halides is 3. The molecular weight excluding hydrogens is 195 g/mol. The second kappa shape index (κ2) is 6.03. The minimum absolute atomic E-state index is 0.0263. The van der Waals surface area contributed by atoms with Gasteiger partial charge in [-0.2, -0.15) is 13.2 Å². The zero-order valence-corrected chi connectivity index (χ0v) is 8.27. The van der Waals surface area contributed by atoms with E-state index in [-0.39, 0.29) is 19.7 Å². The number of hydrogen-bond acceptors (Lipinski definition) is 2. The first-order valence-corrected chi connectivity index (χ1v) is 4.45. The first-order valence-electron chi connectivity index (χ1n) is 4.45. The van der Waals surface area contributed by atoms with Gasteiger partial charge in [0.05, 0.1) is 13.2 Å². The molecule has 1 N–H and O–H groups in total.